The summed E-state index contributed by atoms with van der Waals surface area (Å²) in [6.07, 6.45) is 0. The average molecular weight is 306 g/mol. The van der Waals surface area contributed by atoms with Crippen molar-refractivity contribution >= 4 is 20.0 Å². The quantitative estimate of drug-likeness (QED) is 0.753. The first-order valence-corrected chi connectivity index (χ1v) is 8.94. The van der Waals surface area contributed by atoms with Gasteiger partial charge in [-0.2, -0.15) is 0 Å². The van der Waals surface area contributed by atoms with E-state index in [2.05, 4.69) is 9.44 Å². The number of nitrogens with one attached hydrogen (secondary N) is 2. The van der Waals surface area contributed by atoms with Crippen LogP contribution < -0.4 is 9.44 Å². The Morgan fingerprint density at radius 2 is 1.68 bits per heavy atom. The van der Waals surface area contributed by atoms with Crippen LogP contribution >= 0.6 is 0 Å². The molecule has 8 heteroatoms. The number of sulfonamides is 2. The normalized spacial score (nSPS) is 12.5. The lowest BCUT2D eigenvalue weighted by atomic mass is 10.2. The van der Waals surface area contributed by atoms with E-state index in [4.69, 9.17) is 0 Å². The van der Waals surface area contributed by atoms with E-state index in [1.54, 1.807) is 32.0 Å². The number of hydrogen-bond acceptors (Lipinski definition) is 4. The molecule has 0 saturated carbocycles. The van der Waals surface area contributed by atoms with Gasteiger partial charge >= 0.3 is 0 Å². The number of rotatable bonds is 7. The Bertz CT molecular complexity index is 624. The van der Waals surface area contributed by atoms with E-state index in [1.807, 2.05) is 0 Å². The zero-order valence-corrected chi connectivity index (χ0v) is 12.5. The first-order chi connectivity index (χ1) is 8.78. The minimum absolute atomic E-state index is 0.161. The second-order valence-electron chi connectivity index (χ2n) is 3.98. The van der Waals surface area contributed by atoms with Crippen molar-refractivity contribution in [3.8, 4) is 0 Å². The Hall–Kier alpha value is -0.960. The van der Waals surface area contributed by atoms with Crippen LogP contribution in [0.3, 0.4) is 0 Å². The van der Waals surface area contributed by atoms with E-state index < -0.39 is 20.0 Å². The molecule has 0 aliphatic heterocycles. The smallest absolute Gasteiger partial charge is 0.215 e. The SMILES string of the molecule is CCNS(=O)(=O)CCNS(=O)(=O)c1ccccc1C. The highest BCUT2D eigenvalue weighted by molar-refractivity contribution is 7.90. The molecule has 1 aromatic carbocycles. The molecule has 0 spiro atoms. The van der Waals surface area contributed by atoms with E-state index in [0.29, 0.717) is 5.56 Å². The summed E-state index contributed by atoms with van der Waals surface area (Å²) in [6.45, 7) is 3.47. The van der Waals surface area contributed by atoms with E-state index in [-0.39, 0.29) is 23.7 Å². The highest BCUT2D eigenvalue weighted by Gasteiger charge is 2.17. The fourth-order valence-electron chi connectivity index (χ4n) is 1.54. The molecule has 0 bridgehead atoms. The van der Waals surface area contributed by atoms with Gasteiger partial charge in [0.15, 0.2) is 0 Å². The van der Waals surface area contributed by atoms with Crippen LogP contribution in [0.5, 0.6) is 0 Å². The van der Waals surface area contributed by atoms with Gasteiger partial charge in [-0.15, -0.1) is 0 Å². The van der Waals surface area contributed by atoms with E-state index in [0.717, 1.165) is 0 Å². The first kappa shape index (κ1) is 16.1. The summed E-state index contributed by atoms with van der Waals surface area (Å²) in [5, 5.41) is 0. The van der Waals surface area contributed by atoms with Crippen molar-refractivity contribution in [3.05, 3.63) is 29.8 Å². The molecule has 1 rings (SSSR count). The van der Waals surface area contributed by atoms with Crippen LogP contribution in [0.1, 0.15) is 12.5 Å². The molecule has 0 unspecified atom stereocenters. The molecule has 19 heavy (non-hydrogen) atoms. The third kappa shape index (κ3) is 4.90. The number of hydrogen-bond donors (Lipinski definition) is 2. The maximum atomic E-state index is 12.0. The standard InChI is InChI=1S/C11H18N2O4S2/c1-3-12-18(14,15)9-8-13-19(16,17)11-7-5-4-6-10(11)2/h4-7,12-13H,3,8-9H2,1-2H3. The van der Waals surface area contributed by atoms with E-state index in [1.165, 1.54) is 6.07 Å². The Labute approximate surface area is 114 Å². The summed E-state index contributed by atoms with van der Waals surface area (Å²) in [6, 6.07) is 6.53. The molecule has 108 valence electrons. The van der Waals surface area contributed by atoms with Crippen LogP contribution in [0.2, 0.25) is 0 Å². The molecule has 0 amide bonds. The van der Waals surface area contributed by atoms with Crippen LogP contribution in [-0.2, 0) is 20.0 Å². The monoisotopic (exact) mass is 306 g/mol. The van der Waals surface area contributed by atoms with E-state index >= 15 is 0 Å². The topological polar surface area (TPSA) is 92.3 Å². The molecule has 0 heterocycles. The Balaban J connectivity index is 2.70. The van der Waals surface area contributed by atoms with Crippen molar-refractivity contribution in [2.45, 2.75) is 18.7 Å². The summed E-state index contributed by atoms with van der Waals surface area (Å²) < 4.78 is 51.3. The first-order valence-electron chi connectivity index (χ1n) is 5.81. The van der Waals surface area contributed by atoms with Crippen LogP contribution in [-0.4, -0.2) is 35.7 Å². The average Bonchev–Trinajstić information content (AvgIpc) is 2.28. The molecule has 0 atom stereocenters. The molecular weight excluding hydrogens is 288 g/mol. The van der Waals surface area contributed by atoms with Crippen molar-refractivity contribution in [1.29, 1.82) is 0 Å². The lowest BCUT2D eigenvalue weighted by Crippen LogP contribution is -2.34. The fraction of sp³-hybridized carbons (Fsp3) is 0.455. The molecule has 0 aliphatic rings. The lowest BCUT2D eigenvalue weighted by Gasteiger charge is -2.09. The third-order valence-corrected chi connectivity index (χ3v) is 5.50. The van der Waals surface area contributed by atoms with Gasteiger partial charge in [0.25, 0.3) is 0 Å². The second kappa shape index (κ2) is 6.47. The minimum atomic E-state index is -3.67. The maximum absolute atomic E-state index is 12.0. The van der Waals surface area contributed by atoms with Gasteiger partial charge < -0.3 is 0 Å². The summed E-state index contributed by atoms with van der Waals surface area (Å²) in [7, 11) is -7.09. The predicted molar refractivity (Wildman–Crippen MR) is 73.8 cm³/mol. The van der Waals surface area contributed by atoms with Crippen molar-refractivity contribution in [3.63, 3.8) is 0 Å². The zero-order valence-electron chi connectivity index (χ0n) is 10.9. The molecule has 0 saturated heterocycles. The van der Waals surface area contributed by atoms with Crippen molar-refractivity contribution < 1.29 is 16.8 Å². The lowest BCUT2D eigenvalue weighted by molar-refractivity contribution is 0.576. The molecule has 0 aromatic heterocycles. The van der Waals surface area contributed by atoms with Crippen LogP contribution in [0.4, 0.5) is 0 Å². The van der Waals surface area contributed by atoms with Gasteiger partial charge in [0.05, 0.1) is 10.6 Å². The Kier molecular flexibility index (Phi) is 5.48. The predicted octanol–water partition coefficient (Wildman–Crippen LogP) is 0.213. The van der Waals surface area contributed by atoms with Gasteiger partial charge in [-0.05, 0) is 18.6 Å². The highest BCUT2D eigenvalue weighted by atomic mass is 32.2. The van der Waals surface area contributed by atoms with Gasteiger partial charge in [0, 0.05) is 13.1 Å². The number of benzene rings is 1. The molecule has 1 aromatic rings. The largest absolute Gasteiger partial charge is 0.240 e. The van der Waals surface area contributed by atoms with E-state index in [9.17, 15) is 16.8 Å². The van der Waals surface area contributed by atoms with Gasteiger partial charge in [-0.25, -0.2) is 26.3 Å². The van der Waals surface area contributed by atoms with Gasteiger partial charge in [0.2, 0.25) is 20.0 Å². The summed E-state index contributed by atoms with van der Waals surface area (Å²) in [5.74, 6) is -0.286. The van der Waals surface area contributed by atoms with Gasteiger partial charge in [-0.1, -0.05) is 25.1 Å². The Morgan fingerprint density at radius 1 is 1.05 bits per heavy atom. The minimum Gasteiger partial charge on any atom is -0.215 e. The molecule has 2 N–H and O–H groups in total. The second-order valence-corrected chi connectivity index (χ2v) is 7.64. The van der Waals surface area contributed by atoms with Crippen LogP contribution in [0, 0.1) is 6.92 Å². The molecule has 0 aliphatic carbocycles. The molecule has 0 fully saturated rings. The highest BCUT2D eigenvalue weighted by Crippen LogP contribution is 2.13. The van der Waals surface area contributed by atoms with Crippen molar-refractivity contribution in [2.75, 3.05) is 18.8 Å². The Morgan fingerprint density at radius 3 is 2.26 bits per heavy atom. The third-order valence-electron chi connectivity index (χ3n) is 2.41. The number of aryl methyl sites for hydroxylation is 1. The maximum Gasteiger partial charge on any atom is 0.240 e. The van der Waals surface area contributed by atoms with Crippen molar-refractivity contribution in [1.82, 2.24) is 9.44 Å². The molecule has 0 radical (unpaired) electrons. The summed E-state index contributed by atoms with van der Waals surface area (Å²) in [4.78, 5) is 0.163. The fourth-order valence-corrected chi connectivity index (χ4v) is 3.90. The van der Waals surface area contributed by atoms with Crippen LogP contribution in [0.25, 0.3) is 0 Å². The summed E-state index contributed by atoms with van der Waals surface area (Å²) >= 11 is 0. The molecular formula is C11H18N2O4S2. The zero-order chi connectivity index (χ0) is 14.5. The molecule has 6 nitrogen and oxygen atoms in total. The van der Waals surface area contributed by atoms with Crippen molar-refractivity contribution in [2.24, 2.45) is 0 Å². The summed E-state index contributed by atoms with van der Waals surface area (Å²) in [5.41, 5.74) is 0.615. The van der Waals surface area contributed by atoms with Gasteiger partial charge in [0.1, 0.15) is 0 Å². The van der Waals surface area contributed by atoms with Gasteiger partial charge in [-0.3, -0.25) is 0 Å². The van der Waals surface area contributed by atoms with Crippen LogP contribution in [0.15, 0.2) is 29.2 Å².